The third kappa shape index (κ3) is 1.04. The first-order chi connectivity index (χ1) is 4.90. The van der Waals surface area contributed by atoms with Crippen LogP contribution in [0.4, 0.5) is 0 Å². The molecule has 1 aliphatic carbocycles. The van der Waals surface area contributed by atoms with Gasteiger partial charge >= 0.3 is 0 Å². The lowest BCUT2D eigenvalue weighted by Gasteiger charge is -2.12. The van der Waals surface area contributed by atoms with Gasteiger partial charge in [-0.15, -0.1) is 5.92 Å². The summed E-state index contributed by atoms with van der Waals surface area (Å²) in [4.78, 5) is 2.43. The number of hydrogen-bond acceptors (Lipinski definition) is 1. The van der Waals surface area contributed by atoms with Crippen molar-refractivity contribution in [3.05, 3.63) is 6.92 Å². The Labute approximate surface area is 62.4 Å². The zero-order valence-electron chi connectivity index (χ0n) is 6.14. The Morgan fingerprint density at radius 3 is 2.70 bits per heavy atom. The van der Waals surface area contributed by atoms with E-state index >= 15 is 0 Å². The van der Waals surface area contributed by atoms with Crippen LogP contribution in [0, 0.1) is 30.6 Å². The zero-order valence-corrected chi connectivity index (χ0v) is 6.14. The van der Waals surface area contributed by atoms with Gasteiger partial charge in [0, 0.05) is 20.0 Å². The fourth-order valence-electron chi connectivity index (χ4n) is 1.79. The lowest BCUT2D eigenvalue weighted by Crippen LogP contribution is -2.22. The second kappa shape index (κ2) is 2.29. The SMILES string of the molecule is [CH2]C#CCN1CC2CC2C1. The van der Waals surface area contributed by atoms with Crippen LogP contribution in [0.2, 0.25) is 0 Å². The Kier molecular flexibility index (Phi) is 1.43. The van der Waals surface area contributed by atoms with Gasteiger partial charge in [-0.25, -0.2) is 0 Å². The van der Waals surface area contributed by atoms with Crippen molar-refractivity contribution in [1.29, 1.82) is 0 Å². The Morgan fingerprint density at radius 1 is 1.40 bits per heavy atom. The Bertz CT molecular complexity index is 177. The molecule has 0 N–H and O–H groups in total. The molecule has 2 atom stereocenters. The van der Waals surface area contributed by atoms with Crippen molar-refractivity contribution in [1.82, 2.24) is 4.90 Å². The van der Waals surface area contributed by atoms with E-state index in [0.29, 0.717) is 0 Å². The molecule has 2 rings (SSSR count). The van der Waals surface area contributed by atoms with E-state index in [9.17, 15) is 0 Å². The molecule has 1 saturated carbocycles. The molecule has 1 radical (unpaired) electrons. The molecule has 0 spiro atoms. The Morgan fingerprint density at radius 2 is 2.10 bits per heavy atom. The van der Waals surface area contributed by atoms with Crippen molar-refractivity contribution in [2.24, 2.45) is 11.8 Å². The Hall–Kier alpha value is -0.480. The summed E-state index contributed by atoms with van der Waals surface area (Å²) >= 11 is 0. The van der Waals surface area contributed by atoms with Gasteiger partial charge in [-0.2, -0.15) is 0 Å². The summed E-state index contributed by atoms with van der Waals surface area (Å²) in [5, 5.41) is 0. The van der Waals surface area contributed by atoms with Gasteiger partial charge < -0.3 is 0 Å². The summed E-state index contributed by atoms with van der Waals surface area (Å²) in [6.07, 6.45) is 1.48. The number of fused-ring (bicyclic) bond motifs is 1. The van der Waals surface area contributed by atoms with Gasteiger partial charge in [-0.3, -0.25) is 4.90 Å². The molecular weight excluding hydrogens is 122 g/mol. The monoisotopic (exact) mass is 134 g/mol. The standard InChI is InChI=1S/C9H12N/c1-2-3-4-10-6-8-5-9(8)7-10/h8-9H,1,4-7H2. The Balaban J connectivity index is 1.79. The number of hydrogen-bond donors (Lipinski definition) is 0. The van der Waals surface area contributed by atoms with E-state index in [1.165, 1.54) is 19.5 Å². The molecule has 1 aliphatic heterocycles. The molecule has 10 heavy (non-hydrogen) atoms. The highest BCUT2D eigenvalue weighted by atomic mass is 15.2. The average molecular weight is 134 g/mol. The molecule has 1 nitrogen and oxygen atoms in total. The van der Waals surface area contributed by atoms with Crippen LogP contribution in [0.1, 0.15) is 6.42 Å². The maximum absolute atomic E-state index is 3.49. The van der Waals surface area contributed by atoms with Crippen molar-refractivity contribution in [2.75, 3.05) is 19.6 Å². The predicted octanol–water partition coefficient (Wildman–Crippen LogP) is 0.776. The molecule has 1 heterocycles. The topological polar surface area (TPSA) is 3.24 Å². The van der Waals surface area contributed by atoms with Gasteiger partial charge in [0.1, 0.15) is 0 Å². The van der Waals surface area contributed by atoms with E-state index in [-0.39, 0.29) is 0 Å². The summed E-state index contributed by atoms with van der Waals surface area (Å²) in [6, 6.07) is 0. The summed E-state index contributed by atoms with van der Waals surface area (Å²) in [6.45, 7) is 7.01. The zero-order chi connectivity index (χ0) is 6.97. The quantitative estimate of drug-likeness (QED) is 0.479. The normalized spacial score (nSPS) is 36.5. The molecule has 0 amide bonds. The van der Waals surface area contributed by atoms with Crippen molar-refractivity contribution in [2.45, 2.75) is 6.42 Å². The van der Waals surface area contributed by atoms with E-state index in [2.05, 4.69) is 23.7 Å². The van der Waals surface area contributed by atoms with E-state index in [0.717, 1.165) is 18.4 Å². The van der Waals surface area contributed by atoms with Crippen LogP contribution >= 0.6 is 0 Å². The highest BCUT2D eigenvalue weighted by Crippen LogP contribution is 2.44. The van der Waals surface area contributed by atoms with Crippen LogP contribution in [-0.4, -0.2) is 24.5 Å². The van der Waals surface area contributed by atoms with Crippen LogP contribution in [0.3, 0.4) is 0 Å². The smallest absolute Gasteiger partial charge is 0.0601 e. The molecule has 2 unspecified atom stereocenters. The third-order valence-corrected chi connectivity index (χ3v) is 2.48. The lowest BCUT2D eigenvalue weighted by atomic mass is 10.4. The first-order valence-electron chi connectivity index (χ1n) is 3.87. The molecule has 1 heteroatoms. The molecule has 2 aliphatic rings. The molecular formula is C9H12N. The fourth-order valence-corrected chi connectivity index (χ4v) is 1.79. The first kappa shape index (κ1) is 6.24. The summed E-state index contributed by atoms with van der Waals surface area (Å²) in [7, 11) is 0. The van der Waals surface area contributed by atoms with Crippen LogP contribution in [0.25, 0.3) is 0 Å². The van der Waals surface area contributed by atoms with Gasteiger partial charge in [-0.05, 0) is 18.3 Å². The van der Waals surface area contributed by atoms with Crippen molar-refractivity contribution >= 4 is 0 Å². The molecule has 0 bridgehead atoms. The number of rotatable bonds is 1. The van der Waals surface area contributed by atoms with E-state index < -0.39 is 0 Å². The summed E-state index contributed by atoms with van der Waals surface area (Å²) < 4.78 is 0. The van der Waals surface area contributed by atoms with E-state index in [1.54, 1.807) is 0 Å². The third-order valence-electron chi connectivity index (χ3n) is 2.48. The summed E-state index contributed by atoms with van der Waals surface area (Å²) in [5.74, 6) is 7.75. The minimum absolute atomic E-state index is 0.941. The number of likely N-dealkylation sites (tertiary alicyclic amines) is 1. The largest absolute Gasteiger partial charge is 0.292 e. The highest BCUT2D eigenvalue weighted by Gasteiger charge is 2.44. The maximum atomic E-state index is 3.49. The van der Waals surface area contributed by atoms with Gasteiger partial charge in [0.25, 0.3) is 0 Å². The van der Waals surface area contributed by atoms with Gasteiger partial charge in [0.05, 0.1) is 6.54 Å². The molecule has 1 saturated heterocycles. The van der Waals surface area contributed by atoms with Gasteiger partial charge in [0.2, 0.25) is 0 Å². The predicted molar refractivity (Wildman–Crippen MR) is 41.2 cm³/mol. The maximum Gasteiger partial charge on any atom is 0.0601 e. The lowest BCUT2D eigenvalue weighted by molar-refractivity contribution is 0.343. The fraction of sp³-hybridized carbons (Fsp3) is 0.667. The second-order valence-electron chi connectivity index (χ2n) is 3.30. The highest BCUT2D eigenvalue weighted by molar-refractivity contribution is 5.06. The minimum Gasteiger partial charge on any atom is -0.292 e. The van der Waals surface area contributed by atoms with Crippen LogP contribution in [-0.2, 0) is 0 Å². The second-order valence-corrected chi connectivity index (χ2v) is 3.30. The van der Waals surface area contributed by atoms with E-state index in [1.807, 2.05) is 0 Å². The minimum atomic E-state index is 0.941. The van der Waals surface area contributed by atoms with Crippen LogP contribution < -0.4 is 0 Å². The molecule has 53 valence electrons. The molecule has 0 aromatic heterocycles. The van der Waals surface area contributed by atoms with Crippen molar-refractivity contribution < 1.29 is 0 Å². The van der Waals surface area contributed by atoms with Crippen LogP contribution in [0.15, 0.2) is 0 Å². The molecule has 0 aromatic rings. The summed E-state index contributed by atoms with van der Waals surface area (Å²) in [5.41, 5.74) is 0. The van der Waals surface area contributed by atoms with Gasteiger partial charge in [0.15, 0.2) is 0 Å². The van der Waals surface area contributed by atoms with Crippen LogP contribution in [0.5, 0.6) is 0 Å². The van der Waals surface area contributed by atoms with Gasteiger partial charge in [-0.1, -0.05) is 5.92 Å². The first-order valence-corrected chi connectivity index (χ1v) is 3.87. The average Bonchev–Trinajstić information content (AvgIpc) is 2.56. The molecule has 2 fully saturated rings. The van der Waals surface area contributed by atoms with Crippen molar-refractivity contribution in [3.8, 4) is 11.8 Å². The van der Waals surface area contributed by atoms with E-state index in [4.69, 9.17) is 0 Å². The number of piperidine rings is 1. The van der Waals surface area contributed by atoms with Crippen molar-refractivity contribution in [3.63, 3.8) is 0 Å². The molecule has 0 aromatic carbocycles. The number of nitrogens with zero attached hydrogens (tertiary/aromatic N) is 1.